The van der Waals surface area contributed by atoms with Crippen LogP contribution in [0.25, 0.3) is 6.08 Å². The van der Waals surface area contributed by atoms with Gasteiger partial charge in [-0.2, -0.15) is 5.26 Å². The van der Waals surface area contributed by atoms with Gasteiger partial charge in [0, 0.05) is 27.8 Å². The summed E-state index contributed by atoms with van der Waals surface area (Å²) in [6.07, 6.45) is 3.53. The van der Waals surface area contributed by atoms with Gasteiger partial charge >= 0.3 is 0 Å². The fourth-order valence-corrected chi connectivity index (χ4v) is 6.60. The molecule has 3 amide bonds. The maximum Gasteiger partial charge on any atom is 0.294 e. The minimum atomic E-state index is -0.475. The molecule has 0 aromatic heterocycles. The van der Waals surface area contributed by atoms with E-state index in [1.54, 1.807) is 23.1 Å². The Labute approximate surface area is 228 Å². The Morgan fingerprint density at radius 3 is 2.65 bits per heavy atom. The van der Waals surface area contributed by atoms with Crippen molar-refractivity contribution < 1.29 is 19.1 Å². The van der Waals surface area contributed by atoms with E-state index in [9.17, 15) is 19.6 Å². The van der Waals surface area contributed by atoms with E-state index in [1.165, 1.54) is 0 Å². The Hall–Kier alpha value is -2.11. The second-order valence-electron chi connectivity index (χ2n) is 7.72. The maximum absolute atomic E-state index is 13.0. The van der Waals surface area contributed by atoms with Crippen molar-refractivity contribution in [2.24, 2.45) is 0 Å². The molecule has 7 nitrogen and oxygen atoms in total. The molecule has 0 radical (unpaired) electrons. The number of hydrogen-bond acceptors (Lipinski definition) is 6. The molecular formula is C24H19I2N3O4S. The number of rotatable bonds is 6. The molecule has 2 aliphatic heterocycles. The number of thioether (sulfide) groups is 1. The van der Waals surface area contributed by atoms with E-state index in [-0.39, 0.29) is 24.0 Å². The third-order valence-corrected chi connectivity index (χ3v) is 7.79. The van der Waals surface area contributed by atoms with Gasteiger partial charge in [0.1, 0.15) is 18.9 Å². The highest BCUT2D eigenvalue weighted by atomic mass is 127. The van der Waals surface area contributed by atoms with Crippen LogP contribution < -0.4 is 4.74 Å². The lowest BCUT2D eigenvalue weighted by molar-refractivity contribution is -0.135. The van der Waals surface area contributed by atoms with Gasteiger partial charge in [-0.05, 0) is 94.1 Å². The van der Waals surface area contributed by atoms with E-state index < -0.39 is 11.1 Å². The van der Waals surface area contributed by atoms with Gasteiger partial charge < -0.3 is 9.64 Å². The SMILES string of the molecule is N#Cc1ccccc1COc1c(I)cc(I)cc1/C=C1/SC(=O)N(CC(=O)N2CCCC2)C1=O. The molecule has 34 heavy (non-hydrogen) atoms. The predicted octanol–water partition coefficient (Wildman–Crippen LogP) is 5.01. The summed E-state index contributed by atoms with van der Waals surface area (Å²) in [6.45, 7) is 1.29. The van der Waals surface area contributed by atoms with Crippen LogP contribution >= 0.6 is 56.9 Å². The molecule has 2 aromatic rings. The number of hydrogen-bond donors (Lipinski definition) is 0. The van der Waals surface area contributed by atoms with Crippen molar-refractivity contribution in [3.63, 3.8) is 0 Å². The summed E-state index contributed by atoms with van der Waals surface area (Å²) in [6, 6.07) is 13.2. The summed E-state index contributed by atoms with van der Waals surface area (Å²) < 4.78 is 7.88. The molecule has 2 heterocycles. The van der Waals surface area contributed by atoms with E-state index in [4.69, 9.17) is 4.74 Å². The van der Waals surface area contributed by atoms with Crippen molar-refractivity contribution in [1.82, 2.24) is 9.80 Å². The normalized spacial score (nSPS) is 16.9. The first-order valence-electron chi connectivity index (χ1n) is 10.5. The number of carbonyl (C=O) groups is 3. The van der Waals surface area contributed by atoms with Gasteiger partial charge in [0.15, 0.2) is 0 Å². The van der Waals surface area contributed by atoms with E-state index in [0.29, 0.717) is 30.0 Å². The van der Waals surface area contributed by atoms with Gasteiger partial charge in [0.05, 0.1) is 20.1 Å². The molecule has 2 aromatic carbocycles. The molecule has 0 saturated carbocycles. The summed E-state index contributed by atoms with van der Waals surface area (Å²) in [4.78, 5) is 40.9. The molecule has 10 heteroatoms. The van der Waals surface area contributed by atoms with Gasteiger partial charge in [0.25, 0.3) is 11.1 Å². The molecule has 0 atom stereocenters. The van der Waals surface area contributed by atoms with Gasteiger partial charge in [0.2, 0.25) is 5.91 Å². The second kappa shape index (κ2) is 11.1. The average Bonchev–Trinajstić information content (AvgIpc) is 3.44. The van der Waals surface area contributed by atoms with Crippen LogP contribution in [0.4, 0.5) is 4.79 Å². The zero-order chi connectivity index (χ0) is 24.2. The minimum Gasteiger partial charge on any atom is -0.487 e. The van der Waals surface area contributed by atoms with E-state index >= 15 is 0 Å². The van der Waals surface area contributed by atoms with Crippen molar-refractivity contribution in [1.29, 1.82) is 5.26 Å². The second-order valence-corrected chi connectivity index (χ2v) is 11.1. The summed E-state index contributed by atoms with van der Waals surface area (Å²) in [5.74, 6) is -0.115. The van der Waals surface area contributed by atoms with Gasteiger partial charge in [-0.15, -0.1) is 0 Å². The number of halogens is 2. The van der Waals surface area contributed by atoms with Crippen LogP contribution in [0.2, 0.25) is 0 Å². The van der Waals surface area contributed by atoms with Crippen LogP contribution in [0, 0.1) is 18.5 Å². The number of nitrogens with zero attached hydrogens (tertiary/aromatic N) is 3. The van der Waals surface area contributed by atoms with Gasteiger partial charge in [-0.25, -0.2) is 0 Å². The Bertz CT molecular complexity index is 1240. The Morgan fingerprint density at radius 2 is 1.91 bits per heavy atom. The predicted molar refractivity (Wildman–Crippen MR) is 146 cm³/mol. The van der Waals surface area contributed by atoms with Gasteiger partial charge in [-0.3, -0.25) is 19.3 Å². The maximum atomic E-state index is 13.0. The summed E-state index contributed by atoms with van der Waals surface area (Å²) >= 11 is 5.18. The first kappa shape index (κ1) is 25.0. The van der Waals surface area contributed by atoms with Crippen LogP contribution in [-0.2, 0) is 16.2 Å². The largest absolute Gasteiger partial charge is 0.487 e. The fourth-order valence-electron chi connectivity index (χ4n) is 3.72. The van der Waals surface area contributed by atoms with Crippen molar-refractivity contribution in [2.45, 2.75) is 19.4 Å². The molecule has 4 rings (SSSR count). The van der Waals surface area contributed by atoms with Gasteiger partial charge in [-0.1, -0.05) is 18.2 Å². The van der Waals surface area contributed by atoms with Crippen LogP contribution in [-0.4, -0.2) is 46.5 Å². The highest BCUT2D eigenvalue weighted by molar-refractivity contribution is 14.1. The Balaban J connectivity index is 1.57. The third-order valence-electron chi connectivity index (χ3n) is 5.46. The number of imide groups is 1. The number of benzene rings is 2. The number of carbonyl (C=O) groups excluding carboxylic acids is 3. The lowest BCUT2D eigenvalue weighted by Crippen LogP contribution is -2.40. The summed E-state index contributed by atoms with van der Waals surface area (Å²) in [5.41, 5.74) is 1.95. The molecular weight excluding hydrogens is 680 g/mol. The molecule has 0 N–H and O–H groups in total. The Morgan fingerprint density at radius 1 is 1.18 bits per heavy atom. The molecule has 0 unspecified atom stereocenters. The topological polar surface area (TPSA) is 90.7 Å². The molecule has 2 aliphatic rings. The fraction of sp³-hybridized carbons (Fsp3) is 0.250. The number of nitriles is 1. The first-order chi connectivity index (χ1) is 16.4. The van der Waals surface area contributed by atoms with Crippen molar-refractivity contribution in [3.8, 4) is 11.8 Å². The number of amides is 3. The molecule has 0 aliphatic carbocycles. The molecule has 174 valence electrons. The molecule has 2 saturated heterocycles. The van der Waals surface area contributed by atoms with Crippen LogP contribution in [0.5, 0.6) is 5.75 Å². The third kappa shape index (κ3) is 5.58. The first-order valence-corrected chi connectivity index (χ1v) is 13.5. The Kier molecular flexibility index (Phi) is 8.15. The zero-order valence-electron chi connectivity index (χ0n) is 17.9. The minimum absolute atomic E-state index is 0.187. The smallest absolute Gasteiger partial charge is 0.294 e. The highest BCUT2D eigenvalue weighted by Crippen LogP contribution is 2.36. The lowest BCUT2D eigenvalue weighted by atomic mass is 10.1. The zero-order valence-corrected chi connectivity index (χ0v) is 23.1. The van der Waals surface area contributed by atoms with Crippen molar-refractivity contribution in [3.05, 3.63) is 65.1 Å². The summed E-state index contributed by atoms with van der Waals surface area (Å²) in [7, 11) is 0. The average molecular weight is 699 g/mol. The van der Waals surface area contributed by atoms with Crippen LogP contribution in [0.15, 0.2) is 41.3 Å². The van der Waals surface area contributed by atoms with Crippen LogP contribution in [0.3, 0.4) is 0 Å². The van der Waals surface area contributed by atoms with Crippen molar-refractivity contribution in [2.75, 3.05) is 19.6 Å². The van der Waals surface area contributed by atoms with E-state index in [0.717, 1.165) is 42.2 Å². The molecule has 0 bridgehead atoms. The number of likely N-dealkylation sites (tertiary alicyclic amines) is 1. The van der Waals surface area contributed by atoms with E-state index in [1.807, 2.05) is 24.3 Å². The lowest BCUT2D eigenvalue weighted by Gasteiger charge is -2.18. The monoisotopic (exact) mass is 699 g/mol. The summed E-state index contributed by atoms with van der Waals surface area (Å²) in [5, 5.41) is 8.89. The standard InChI is InChI=1S/C24H19I2N3O4S/c25-18-9-17(22(19(26)11-18)33-14-16-6-2-1-5-15(16)12-27)10-20-23(31)29(24(32)34-20)13-21(30)28-7-3-4-8-28/h1-2,5-6,9-11H,3-4,7-8,13-14H2/b20-10+. The molecule has 0 spiro atoms. The van der Waals surface area contributed by atoms with E-state index in [2.05, 4.69) is 51.3 Å². The highest BCUT2D eigenvalue weighted by Gasteiger charge is 2.37. The number of ether oxygens (including phenoxy) is 1. The van der Waals surface area contributed by atoms with Crippen molar-refractivity contribution >= 4 is 80.1 Å². The van der Waals surface area contributed by atoms with Crippen LogP contribution in [0.1, 0.15) is 29.5 Å². The molecule has 2 fully saturated rings. The quantitative estimate of drug-likeness (QED) is 0.312.